The SMILES string of the molecule is CCCC(NC(=O)C1Cc2nc[nH]c2CN1)c1cccs1. The highest BCUT2D eigenvalue weighted by Gasteiger charge is 2.27. The number of carbonyl (C=O) groups excluding carboxylic acids is 1. The Labute approximate surface area is 128 Å². The molecule has 2 atom stereocenters. The molecule has 112 valence electrons. The minimum absolute atomic E-state index is 0.0653. The fourth-order valence-electron chi connectivity index (χ4n) is 2.69. The molecule has 6 heteroatoms. The molecule has 1 aliphatic heterocycles. The first-order valence-corrected chi connectivity index (χ1v) is 8.24. The molecule has 0 spiro atoms. The van der Waals surface area contributed by atoms with Crippen LogP contribution >= 0.6 is 11.3 Å². The molecule has 0 aromatic carbocycles. The Morgan fingerprint density at radius 1 is 1.62 bits per heavy atom. The zero-order chi connectivity index (χ0) is 14.7. The van der Waals surface area contributed by atoms with Gasteiger partial charge in [-0.2, -0.15) is 0 Å². The maximum atomic E-state index is 12.5. The van der Waals surface area contributed by atoms with Crippen LogP contribution in [0.2, 0.25) is 0 Å². The van der Waals surface area contributed by atoms with Gasteiger partial charge in [0.05, 0.1) is 29.8 Å². The molecule has 0 saturated carbocycles. The highest BCUT2D eigenvalue weighted by atomic mass is 32.1. The van der Waals surface area contributed by atoms with Gasteiger partial charge in [-0.1, -0.05) is 19.4 Å². The maximum Gasteiger partial charge on any atom is 0.238 e. The molecule has 2 unspecified atom stereocenters. The summed E-state index contributed by atoms with van der Waals surface area (Å²) in [7, 11) is 0. The number of nitrogens with one attached hydrogen (secondary N) is 3. The van der Waals surface area contributed by atoms with Gasteiger partial charge in [0, 0.05) is 17.8 Å². The third-order valence-corrected chi connectivity index (χ3v) is 4.81. The van der Waals surface area contributed by atoms with Gasteiger partial charge in [-0.05, 0) is 17.9 Å². The number of amides is 1. The van der Waals surface area contributed by atoms with E-state index < -0.39 is 0 Å². The molecule has 0 fully saturated rings. The summed E-state index contributed by atoms with van der Waals surface area (Å²) in [4.78, 5) is 21.1. The predicted octanol–water partition coefficient (Wildman–Crippen LogP) is 2.14. The average Bonchev–Trinajstić information content (AvgIpc) is 3.17. The Morgan fingerprint density at radius 3 is 3.29 bits per heavy atom. The number of carbonyl (C=O) groups is 1. The van der Waals surface area contributed by atoms with E-state index in [0.29, 0.717) is 13.0 Å². The molecular weight excluding hydrogens is 284 g/mol. The van der Waals surface area contributed by atoms with Gasteiger partial charge in [-0.25, -0.2) is 4.98 Å². The number of imidazole rings is 1. The minimum atomic E-state index is -0.194. The lowest BCUT2D eigenvalue weighted by Gasteiger charge is -2.25. The van der Waals surface area contributed by atoms with E-state index in [4.69, 9.17) is 0 Å². The summed E-state index contributed by atoms with van der Waals surface area (Å²) in [6.07, 6.45) is 4.35. The summed E-state index contributed by atoms with van der Waals surface area (Å²) in [5.41, 5.74) is 2.08. The van der Waals surface area contributed by atoms with Crippen LogP contribution in [0.3, 0.4) is 0 Å². The fourth-order valence-corrected chi connectivity index (χ4v) is 3.50. The highest BCUT2D eigenvalue weighted by molar-refractivity contribution is 7.10. The van der Waals surface area contributed by atoms with E-state index in [-0.39, 0.29) is 18.0 Å². The van der Waals surface area contributed by atoms with Crippen molar-refractivity contribution in [3.8, 4) is 0 Å². The first-order valence-electron chi connectivity index (χ1n) is 7.36. The van der Waals surface area contributed by atoms with Gasteiger partial charge < -0.3 is 10.3 Å². The number of hydrogen-bond donors (Lipinski definition) is 3. The van der Waals surface area contributed by atoms with Gasteiger partial charge in [0.15, 0.2) is 0 Å². The monoisotopic (exact) mass is 304 g/mol. The van der Waals surface area contributed by atoms with E-state index in [1.54, 1.807) is 17.7 Å². The van der Waals surface area contributed by atoms with Crippen molar-refractivity contribution >= 4 is 17.2 Å². The fraction of sp³-hybridized carbons (Fsp3) is 0.467. The Balaban J connectivity index is 1.65. The molecule has 3 N–H and O–H groups in total. The van der Waals surface area contributed by atoms with Crippen molar-refractivity contribution in [3.63, 3.8) is 0 Å². The molecule has 3 heterocycles. The van der Waals surface area contributed by atoms with E-state index >= 15 is 0 Å². The van der Waals surface area contributed by atoms with Crippen molar-refractivity contribution in [3.05, 3.63) is 40.1 Å². The summed E-state index contributed by atoms with van der Waals surface area (Å²) in [5, 5.41) is 8.51. The number of aromatic amines is 1. The topological polar surface area (TPSA) is 69.8 Å². The Morgan fingerprint density at radius 2 is 2.52 bits per heavy atom. The molecule has 3 rings (SSSR count). The van der Waals surface area contributed by atoms with Crippen LogP contribution in [0.4, 0.5) is 0 Å². The van der Waals surface area contributed by atoms with Crippen LogP contribution in [0.1, 0.15) is 42.1 Å². The quantitative estimate of drug-likeness (QED) is 0.792. The smallest absolute Gasteiger partial charge is 0.238 e. The lowest BCUT2D eigenvalue weighted by molar-refractivity contribution is -0.124. The first-order chi connectivity index (χ1) is 10.3. The maximum absolute atomic E-state index is 12.5. The number of thiophene rings is 1. The van der Waals surface area contributed by atoms with E-state index in [1.807, 2.05) is 6.07 Å². The van der Waals surface area contributed by atoms with Gasteiger partial charge in [0.25, 0.3) is 0 Å². The molecule has 21 heavy (non-hydrogen) atoms. The molecule has 2 aromatic rings. The van der Waals surface area contributed by atoms with Crippen molar-refractivity contribution < 1.29 is 4.79 Å². The number of aromatic nitrogens is 2. The number of nitrogens with zero attached hydrogens (tertiary/aromatic N) is 1. The molecular formula is C15H20N4OS. The molecule has 1 amide bonds. The normalized spacial score (nSPS) is 19.0. The van der Waals surface area contributed by atoms with Gasteiger partial charge >= 0.3 is 0 Å². The van der Waals surface area contributed by atoms with Crippen molar-refractivity contribution in [1.82, 2.24) is 20.6 Å². The predicted molar refractivity (Wildman–Crippen MR) is 83.0 cm³/mol. The third kappa shape index (κ3) is 3.16. The summed E-state index contributed by atoms with van der Waals surface area (Å²) < 4.78 is 0. The standard InChI is InChI=1S/C15H20N4OS/c1-2-4-10(14-5-3-6-21-14)19-15(20)12-7-11-13(8-16-12)18-9-17-11/h3,5-6,9-10,12,16H,2,4,7-8H2,1H3,(H,17,18)(H,19,20). The molecule has 0 radical (unpaired) electrons. The van der Waals surface area contributed by atoms with Crippen LogP contribution < -0.4 is 10.6 Å². The molecule has 0 saturated heterocycles. The summed E-state index contributed by atoms with van der Waals surface area (Å²) in [6, 6.07) is 4.04. The second-order valence-electron chi connectivity index (χ2n) is 5.33. The zero-order valence-corrected chi connectivity index (χ0v) is 12.9. The van der Waals surface area contributed by atoms with Crippen LogP contribution in [-0.4, -0.2) is 21.9 Å². The van der Waals surface area contributed by atoms with Crippen LogP contribution in [-0.2, 0) is 17.8 Å². The van der Waals surface area contributed by atoms with E-state index in [2.05, 4.69) is 39.0 Å². The third-order valence-electron chi connectivity index (χ3n) is 3.83. The lowest BCUT2D eigenvalue weighted by Crippen LogP contribution is -2.48. The van der Waals surface area contributed by atoms with Gasteiger partial charge in [0.2, 0.25) is 5.91 Å². The minimum Gasteiger partial charge on any atom is -0.347 e. The number of fused-ring (bicyclic) bond motifs is 1. The van der Waals surface area contributed by atoms with Crippen LogP contribution in [0.15, 0.2) is 23.8 Å². The van der Waals surface area contributed by atoms with Crippen LogP contribution in [0.5, 0.6) is 0 Å². The zero-order valence-electron chi connectivity index (χ0n) is 12.1. The second kappa shape index (κ2) is 6.41. The number of H-pyrrole nitrogens is 1. The van der Waals surface area contributed by atoms with Crippen molar-refractivity contribution in [2.24, 2.45) is 0 Å². The number of rotatable bonds is 5. The van der Waals surface area contributed by atoms with Crippen molar-refractivity contribution in [1.29, 1.82) is 0 Å². The van der Waals surface area contributed by atoms with E-state index in [1.165, 1.54) is 4.88 Å². The van der Waals surface area contributed by atoms with Gasteiger partial charge in [-0.3, -0.25) is 10.1 Å². The Kier molecular flexibility index (Phi) is 4.36. The molecule has 0 bridgehead atoms. The average molecular weight is 304 g/mol. The summed E-state index contributed by atoms with van der Waals surface area (Å²) >= 11 is 1.70. The number of hydrogen-bond acceptors (Lipinski definition) is 4. The second-order valence-corrected chi connectivity index (χ2v) is 6.31. The molecule has 0 aliphatic carbocycles. The van der Waals surface area contributed by atoms with Gasteiger partial charge in [-0.15, -0.1) is 11.3 Å². The van der Waals surface area contributed by atoms with Crippen LogP contribution in [0.25, 0.3) is 0 Å². The lowest BCUT2D eigenvalue weighted by atomic mass is 10.0. The molecule has 2 aromatic heterocycles. The molecule has 5 nitrogen and oxygen atoms in total. The Bertz CT molecular complexity index is 593. The Hall–Kier alpha value is -1.66. The van der Waals surface area contributed by atoms with Crippen LogP contribution in [0, 0.1) is 0 Å². The highest BCUT2D eigenvalue weighted by Crippen LogP contribution is 2.23. The molecule has 1 aliphatic rings. The van der Waals surface area contributed by atoms with E-state index in [9.17, 15) is 4.79 Å². The van der Waals surface area contributed by atoms with Crippen molar-refractivity contribution in [2.75, 3.05) is 0 Å². The summed E-state index contributed by atoms with van der Waals surface area (Å²) in [5.74, 6) is 0.0653. The first kappa shape index (κ1) is 14.3. The largest absolute Gasteiger partial charge is 0.347 e. The van der Waals surface area contributed by atoms with Gasteiger partial charge in [0.1, 0.15) is 0 Å². The van der Waals surface area contributed by atoms with Crippen molar-refractivity contribution in [2.45, 2.75) is 44.8 Å². The summed E-state index contributed by atoms with van der Waals surface area (Å²) in [6.45, 7) is 2.81. The van der Waals surface area contributed by atoms with E-state index in [0.717, 1.165) is 24.2 Å².